The predicted octanol–water partition coefficient (Wildman–Crippen LogP) is 1.19. The molecule has 6 nitrogen and oxygen atoms in total. The van der Waals surface area contributed by atoms with Gasteiger partial charge in [-0.2, -0.15) is 0 Å². The lowest BCUT2D eigenvalue weighted by molar-refractivity contribution is -0.155. The molecule has 0 aliphatic heterocycles. The molecular formula is C13H21N3O3. The Morgan fingerprint density at radius 3 is 2.68 bits per heavy atom. The number of carbonyl (C=O) groups excluding carboxylic acids is 2. The maximum Gasteiger partial charge on any atom is 0.306 e. The number of nitrogens with one attached hydrogen (secondary N) is 2. The Kier molecular flexibility index (Phi) is 5.54. The molecule has 1 amide bonds. The number of H-pyrrole nitrogens is 1. The summed E-state index contributed by atoms with van der Waals surface area (Å²) >= 11 is 0. The van der Waals surface area contributed by atoms with Gasteiger partial charge in [-0.05, 0) is 20.8 Å². The number of imidazole rings is 1. The molecule has 106 valence electrons. The molecule has 0 aliphatic carbocycles. The molecule has 0 radical (unpaired) electrons. The highest BCUT2D eigenvalue weighted by molar-refractivity contribution is 5.81. The number of carbonyl (C=O) groups is 2. The van der Waals surface area contributed by atoms with E-state index >= 15 is 0 Å². The molecule has 0 bridgehead atoms. The lowest BCUT2D eigenvalue weighted by atomic mass is 10.2. The van der Waals surface area contributed by atoms with Crippen LogP contribution in [-0.4, -0.2) is 34.0 Å². The summed E-state index contributed by atoms with van der Waals surface area (Å²) in [5.41, 5.74) is 0.459. The summed E-state index contributed by atoms with van der Waals surface area (Å²) in [6.45, 7) is 5.93. The molecule has 1 aromatic heterocycles. The molecule has 6 heteroatoms. The SMILES string of the molecule is CC(C)(C)OC(=O)CCC(=O)NCCc1cnc[nH]1. The molecule has 0 saturated carbocycles. The number of hydrogen-bond donors (Lipinski definition) is 2. The zero-order valence-corrected chi connectivity index (χ0v) is 11.7. The minimum absolute atomic E-state index is 0.104. The molecule has 0 atom stereocenters. The second-order valence-corrected chi connectivity index (χ2v) is 5.26. The first-order valence-electron chi connectivity index (χ1n) is 6.32. The average Bonchev–Trinajstić information content (AvgIpc) is 2.77. The minimum atomic E-state index is -0.506. The van der Waals surface area contributed by atoms with Crippen LogP contribution >= 0.6 is 0 Å². The van der Waals surface area contributed by atoms with E-state index in [4.69, 9.17) is 4.74 Å². The number of hydrogen-bond acceptors (Lipinski definition) is 4. The first-order chi connectivity index (χ1) is 8.87. The van der Waals surface area contributed by atoms with E-state index in [0.717, 1.165) is 5.69 Å². The summed E-state index contributed by atoms with van der Waals surface area (Å²) < 4.78 is 5.12. The van der Waals surface area contributed by atoms with Crippen molar-refractivity contribution in [3.8, 4) is 0 Å². The van der Waals surface area contributed by atoms with Gasteiger partial charge in [0.15, 0.2) is 0 Å². The summed E-state index contributed by atoms with van der Waals surface area (Å²) in [7, 11) is 0. The fraction of sp³-hybridized carbons (Fsp3) is 0.615. The van der Waals surface area contributed by atoms with E-state index in [1.807, 2.05) is 0 Å². The van der Waals surface area contributed by atoms with Crippen molar-refractivity contribution in [1.29, 1.82) is 0 Å². The third-order valence-corrected chi connectivity index (χ3v) is 2.25. The number of aromatic nitrogens is 2. The third kappa shape index (κ3) is 7.23. The molecule has 19 heavy (non-hydrogen) atoms. The van der Waals surface area contributed by atoms with Crippen LogP contribution < -0.4 is 5.32 Å². The minimum Gasteiger partial charge on any atom is -0.460 e. The van der Waals surface area contributed by atoms with Crippen LogP contribution in [0.25, 0.3) is 0 Å². The fourth-order valence-electron chi connectivity index (χ4n) is 1.45. The number of rotatable bonds is 6. The zero-order valence-electron chi connectivity index (χ0n) is 11.7. The lowest BCUT2D eigenvalue weighted by Gasteiger charge is -2.19. The second kappa shape index (κ2) is 6.92. The van der Waals surface area contributed by atoms with Crippen molar-refractivity contribution >= 4 is 11.9 Å². The molecule has 0 fully saturated rings. The van der Waals surface area contributed by atoms with Gasteiger partial charge < -0.3 is 15.0 Å². The Labute approximate surface area is 112 Å². The van der Waals surface area contributed by atoms with Gasteiger partial charge in [0.25, 0.3) is 0 Å². The second-order valence-electron chi connectivity index (χ2n) is 5.26. The summed E-state index contributed by atoms with van der Waals surface area (Å²) in [6.07, 6.45) is 4.26. The van der Waals surface area contributed by atoms with Gasteiger partial charge >= 0.3 is 5.97 Å². The zero-order chi connectivity index (χ0) is 14.3. The predicted molar refractivity (Wildman–Crippen MR) is 70.4 cm³/mol. The van der Waals surface area contributed by atoms with Crippen LogP contribution in [0.15, 0.2) is 12.5 Å². The fourth-order valence-corrected chi connectivity index (χ4v) is 1.45. The maximum absolute atomic E-state index is 11.5. The van der Waals surface area contributed by atoms with Gasteiger partial charge in [-0.25, -0.2) is 4.98 Å². The van der Waals surface area contributed by atoms with Gasteiger partial charge in [0.2, 0.25) is 5.91 Å². The van der Waals surface area contributed by atoms with Crippen LogP contribution in [0.2, 0.25) is 0 Å². The van der Waals surface area contributed by atoms with Crippen LogP contribution in [0.1, 0.15) is 39.3 Å². The smallest absolute Gasteiger partial charge is 0.306 e. The Bertz CT molecular complexity index is 407. The van der Waals surface area contributed by atoms with Gasteiger partial charge in [-0.15, -0.1) is 0 Å². The van der Waals surface area contributed by atoms with Crippen molar-refractivity contribution in [3.63, 3.8) is 0 Å². The van der Waals surface area contributed by atoms with Gasteiger partial charge in [0.05, 0.1) is 12.7 Å². The van der Waals surface area contributed by atoms with E-state index < -0.39 is 5.60 Å². The Morgan fingerprint density at radius 1 is 1.37 bits per heavy atom. The Hall–Kier alpha value is -1.85. The van der Waals surface area contributed by atoms with Crippen LogP contribution in [-0.2, 0) is 20.7 Å². The highest BCUT2D eigenvalue weighted by Crippen LogP contribution is 2.08. The summed E-state index contributed by atoms with van der Waals surface area (Å²) in [4.78, 5) is 29.7. The number of aromatic amines is 1. The third-order valence-electron chi connectivity index (χ3n) is 2.25. The van der Waals surface area contributed by atoms with Crippen LogP contribution in [0.4, 0.5) is 0 Å². The molecule has 0 spiro atoms. The number of ether oxygens (including phenoxy) is 1. The number of amides is 1. The Morgan fingerprint density at radius 2 is 2.11 bits per heavy atom. The van der Waals surface area contributed by atoms with Crippen molar-refractivity contribution in [2.75, 3.05) is 6.54 Å². The summed E-state index contributed by atoms with van der Waals surface area (Å²) in [5, 5.41) is 2.74. The normalized spacial score (nSPS) is 11.1. The van der Waals surface area contributed by atoms with Crippen LogP contribution in [0.5, 0.6) is 0 Å². The van der Waals surface area contributed by atoms with Crippen molar-refractivity contribution < 1.29 is 14.3 Å². The molecule has 1 aromatic rings. The molecule has 1 rings (SSSR count). The van der Waals surface area contributed by atoms with Crippen molar-refractivity contribution in [3.05, 3.63) is 18.2 Å². The van der Waals surface area contributed by atoms with Crippen LogP contribution in [0.3, 0.4) is 0 Å². The van der Waals surface area contributed by atoms with Gasteiger partial charge in [0, 0.05) is 31.3 Å². The number of nitrogens with zero attached hydrogens (tertiary/aromatic N) is 1. The van der Waals surface area contributed by atoms with Gasteiger partial charge in [0.1, 0.15) is 5.60 Å². The quantitative estimate of drug-likeness (QED) is 0.758. The largest absolute Gasteiger partial charge is 0.460 e. The standard InChI is InChI=1S/C13H21N3O3/c1-13(2,3)19-12(18)5-4-11(17)15-7-6-10-8-14-9-16-10/h8-9H,4-7H2,1-3H3,(H,14,16)(H,15,17). The maximum atomic E-state index is 11.5. The monoisotopic (exact) mass is 267 g/mol. The summed E-state index contributed by atoms with van der Waals surface area (Å²) in [5.74, 6) is -0.499. The van der Waals surface area contributed by atoms with Gasteiger partial charge in [-0.3, -0.25) is 9.59 Å². The highest BCUT2D eigenvalue weighted by Gasteiger charge is 2.16. The molecule has 0 saturated heterocycles. The van der Waals surface area contributed by atoms with Crippen molar-refractivity contribution in [1.82, 2.24) is 15.3 Å². The molecule has 0 aliphatic rings. The van der Waals surface area contributed by atoms with E-state index in [1.54, 1.807) is 33.3 Å². The highest BCUT2D eigenvalue weighted by atomic mass is 16.6. The van der Waals surface area contributed by atoms with Crippen molar-refractivity contribution in [2.45, 2.75) is 45.6 Å². The first kappa shape index (κ1) is 15.2. The summed E-state index contributed by atoms with van der Waals surface area (Å²) in [6, 6.07) is 0. The average molecular weight is 267 g/mol. The Balaban J connectivity index is 2.12. The topological polar surface area (TPSA) is 84.1 Å². The lowest BCUT2D eigenvalue weighted by Crippen LogP contribution is -2.28. The van der Waals surface area contributed by atoms with Gasteiger partial charge in [-0.1, -0.05) is 0 Å². The molecular weight excluding hydrogens is 246 g/mol. The van der Waals surface area contributed by atoms with E-state index in [2.05, 4.69) is 15.3 Å². The van der Waals surface area contributed by atoms with Crippen molar-refractivity contribution in [2.24, 2.45) is 0 Å². The van der Waals surface area contributed by atoms with Crippen LogP contribution in [0, 0.1) is 0 Å². The molecule has 1 heterocycles. The molecule has 2 N–H and O–H groups in total. The number of esters is 1. The molecule has 0 aromatic carbocycles. The van der Waals surface area contributed by atoms with E-state index in [-0.39, 0.29) is 24.7 Å². The van der Waals surface area contributed by atoms with E-state index in [9.17, 15) is 9.59 Å². The van der Waals surface area contributed by atoms with E-state index in [0.29, 0.717) is 13.0 Å². The van der Waals surface area contributed by atoms with E-state index in [1.165, 1.54) is 0 Å². The first-order valence-corrected chi connectivity index (χ1v) is 6.32. The molecule has 0 unspecified atom stereocenters.